The van der Waals surface area contributed by atoms with Gasteiger partial charge < -0.3 is 4.57 Å². The quantitative estimate of drug-likeness (QED) is 0.752. The molecular formula is C11H7Cl3N2. The molecule has 0 spiro atoms. The SMILES string of the molecule is CCn1c(Cl)c(C#N)c2c(Cl)cc(Cl)cc21. The summed E-state index contributed by atoms with van der Waals surface area (Å²) in [4.78, 5) is 0. The van der Waals surface area contributed by atoms with E-state index in [4.69, 9.17) is 40.1 Å². The van der Waals surface area contributed by atoms with Gasteiger partial charge >= 0.3 is 0 Å². The highest BCUT2D eigenvalue weighted by molar-refractivity contribution is 6.40. The van der Waals surface area contributed by atoms with Gasteiger partial charge in [0, 0.05) is 17.0 Å². The van der Waals surface area contributed by atoms with Crippen molar-refractivity contribution in [1.29, 1.82) is 5.26 Å². The average Bonchev–Trinajstić information content (AvgIpc) is 2.49. The molecule has 0 radical (unpaired) electrons. The van der Waals surface area contributed by atoms with Crippen molar-refractivity contribution in [2.45, 2.75) is 13.5 Å². The van der Waals surface area contributed by atoms with Crippen LogP contribution < -0.4 is 0 Å². The Bertz CT molecular complexity index is 608. The second-order valence-electron chi connectivity index (χ2n) is 3.30. The van der Waals surface area contributed by atoms with E-state index < -0.39 is 0 Å². The van der Waals surface area contributed by atoms with Crippen LogP contribution in [-0.4, -0.2) is 4.57 Å². The van der Waals surface area contributed by atoms with Gasteiger partial charge in [0.1, 0.15) is 11.2 Å². The van der Waals surface area contributed by atoms with Crippen molar-refractivity contribution in [2.24, 2.45) is 0 Å². The Labute approximate surface area is 108 Å². The van der Waals surface area contributed by atoms with Gasteiger partial charge in [0.25, 0.3) is 0 Å². The Kier molecular flexibility index (Phi) is 3.03. The number of aromatic nitrogens is 1. The van der Waals surface area contributed by atoms with Crippen LogP contribution in [0.15, 0.2) is 12.1 Å². The molecule has 2 nitrogen and oxygen atoms in total. The van der Waals surface area contributed by atoms with Gasteiger partial charge in [0.15, 0.2) is 0 Å². The normalized spacial score (nSPS) is 10.7. The standard InChI is InChI=1S/C11H7Cl3N2/c1-2-16-9-4-6(12)3-8(13)10(9)7(5-15)11(16)14/h3-4H,2H2,1H3. The first-order chi connectivity index (χ1) is 7.60. The summed E-state index contributed by atoms with van der Waals surface area (Å²) in [6.45, 7) is 2.61. The summed E-state index contributed by atoms with van der Waals surface area (Å²) in [5.41, 5.74) is 1.20. The third kappa shape index (κ3) is 1.56. The third-order valence-electron chi connectivity index (χ3n) is 2.45. The Morgan fingerprint density at radius 2 is 2.00 bits per heavy atom. The molecule has 0 atom stereocenters. The minimum atomic E-state index is 0.403. The van der Waals surface area contributed by atoms with Crippen LogP contribution in [-0.2, 0) is 6.54 Å². The maximum Gasteiger partial charge on any atom is 0.128 e. The van der Waals surface area contributed by atoms with Crippen molar-refractivity contribution in [1.82, 2.24) is 4.57 Å². The maximum atomic E-state index is 9.08. The van der Waals surface area contributed by atoms with E-state index >= 15 is 0 Å². The fourth-order valence-corrected chi connectivity index (χ4v) is 2.70. The predicted octanol–water partition coefficient (Wildman–Crippen LogP) is 4.49. The number of fused-ring (bicyclic) bond motifs is 1. The van der Waals surface area contributed by atoms with Gasteiger partial charge in [-0.25, -0.2) is 0 Å². The lowest BCUT2D eigenvalue weighted by Crippen LogP contribution is -1.93. The fourth-order valence-electron chi connectivity index (χ4n) is 1.78. The number of nitrogens with zero attached hydrogens (tertiary/aromatic N) is 2. The molecule has 1 aromatic carbocycles. The average molecular weight is 274 g/mol. The minimum absolute atomic E-state index is 0.403. The van der Waals surface area contributed by atoms with Crippen molar-refractivity contribution in [2.75, 3.05) is 0 Å². The lowest BCUT2D eigenvalue weighted by atomic mass is 10.2. The summed E-state index contributed by atoms with van der Waals surface area (Å²) in [5.74, 6) is 0. The molecule has 16 heavy (non-hydrogen) atoms. The molecule has 1 heterocycles. The lowest BCUT2D eigenvalue weighted by molar-refractivity contribution is 0.797. The van der Waals surface area contributed by atoms with Crippen LogP contribution in [0.1, 0.15) is 12.5 Å². The Balaban J connectivity index is 3.02. The predicted molar refractivity (Wildman–Crippen MR) is 67.4 cm³/mol. The summed E-state index contributed by atoms with van der Waals surface area (Å²) in [5, 5.41) is 11.1. The topological polar surface area (TPSA) is 28.7 Å². The molecule has 1 aromatic heterocycles. The highest BCUT2D eigenvalue weighted by Crippen LogP contribution is 2.36. The van der Waals surface area contributed by atoms with Crippen molar-refractivity contribution in [3.8, 4) is 6.07 Å². The summed E-state index contributed by atoms with van der Waals surface area (Å²) in [6, 6.07) is 5.45. The molecule has 5 heteroatoms. The zero-order chi connectivity index (χ0) is 11.9. The van der Waals surface area contributed by atoms with Gasteiger partial charge in [0.2, 0.25) is 0 Å². The maximum absolute atomic E-state index is 9.08. The first-order valence-corrected chi connectivity index (χ1v) is 5.80. The number of rotatable bonds is 1. The molecule has 2 aromatic rings. The van der Waals surface area contributed by atoms with E-state index in [0.29, 0.717) is 32.7 Å². The first kappa shape index (κ1) is 11.6. The fraction of sp³-hybridized carbons (Fsp3) is 0.182. The largest absolute Gasteiger partial charge is 0.331 e. The molecule has 0 bridgehead atoms. The van der Waals surface area contributed by atoms with Gasteiger partial charge in [-0.15, -0.1) is 0 Å². The second-order valence-corrected chi connectivity index (χ2v) is 4.51. The van der Waals surface area contributed by atoms with E-state index in [-0.39, 0.29) is 0 Å². The van der Waals surface area contributed by atoms with Crippen molar-refractivity contribution in [3.63, 3.8) is 0 Å². The Morgan fingerprint density at radius 1 is 1.31 bits per heavy atom. The van der Waals surface area contributed by atoms with Crippen LogP contribution in [0.4, 0.5) is 0 Å². The number of hydrogen-bond donors (Lipinski definition) is 0. The van der Waals surface area contributed by atoms with Crippen LogP contribution in [0.5, 0.6) is 0 Å². The molecular weight excluding hydrogens is 266 g/mol. The zero-order valence-electron chi connectivity index (χ0n) is 8.39. The summed E-state index contributed by atoms with van der Waals surface area (Å²) < 4.78 is 1.81. The number of aryl methyl sites for hydroxylation is 1. The van der Waals surface area contributed by atoms with Crippen LogP contribution in [0.3, 0.4) is 0 Å². The molecule has 0 fully saturated rings. The smallest absolute Gasteiger partial charge is 0.128 e. The Hall–Kier alpha value is -0.880. The molecule has 0 saturated carbocycles. The molecule has 0 N–H and O–H groups in total. The van der Waals surface area contributed by atoms with Gasteiger partial charge in [-0.05, 0) is 19.1 Å². The van der Waals surface area contributed by atoms with Crippen LogP contribution in [0.2, 0.25) is 15.2 Å². The molecule has 0 unspecified atom stereocenters. The molecule has 2 rings (SSSR count). The van der Waals surface area contributed by atoms with E-state index in [1.54, 1.807) is 12.1 Å². The van der Waals surface area contributed by atoms with Gasteiger partial charge in [-0.1, -0.05) is 34.8 Å². The minimum Gasteiger partial charge on any atom is -0.331 e. The van der Waals surface area contributed by atoms with Crippen molar-refractivity contribution >= 4 is 45.7 Å². The van der Waals surface area contributed by atoms with Gasteiger partial charge in [0.05, 0.1) is 16.1 Å². The van der Waals surface area contributed by atoms with E-state index in [1.807, 2.05) is 11.5 Å². The van der Waals surface area contributed by atoms with Crippen LogP contribution in [0.25, 0.3) is 10.9 Å². The zero-order valence-corrected chi connectivity index (χ0v) is 10.7. The first-order valence-electron chi connectivity index (χ1n) is 4.67. The van der Waals surface area contributed by atoms with E-state index in [2.05, 4.69) is 6.07 Å². The van der Waals surface area contributed by atoms with Crippen molar-refractivity contribution in [3.05, 3.63) is 32.9 Å². The number of nitriles is 1. The van der Waals surface area contributed by atoms with Crippen LogP contribution >= 0.6 is 34.8 Å². The second kappa shape index (κ2) is 4.18. The molecule has 0 saturated heterocycles. The summed E-state index contributed by atoms with van der Waals surface area (Å²) >= 11 is 18.1. The van der Waals surface area contributed by atoms with E-state index in [1.165, 1.54) is 0 Å². The summed E-state index contributed by atoms with van der Waals surface area (Å²) in [6.07, 6.45) is 0. The molecule has 82 valence electrons. The molecule has 0 aliphatic rings. The van der Waals surface area contributed by atoms with Crippen molar-refractivity contribution < 1.29 is 0 Å². The van der Waals surface area contributed by atoms with Gasteiger partial charge in [-0.2, -0.15) is 5.26 Å². The highest BCUT2D eigenvalue weighted by atomic mass is 35.5. The van der Waals surface area contributed by atoms with Gasteiger partial charge in [-0.3, -0.25) is 0 Å². The summed E-state index contributed by atoms with van der Waals surface area (Å²) in [7, 11) is 0. The Morgan fingerprint density at radius 3 is 2.56 bits per heavy atom. The molecule has 0 aliphatic heterocycles. The van der Waals surface area contributed by atoms with E-state index in [9.17, 15) is 0 Å². The number of halogens is 3. The molecule has 0 aliphatic carbocycles. The third-order valence-corrected chi connectivity index (χ3v) is 3.36. The van der Waals surface area contributed by atoms with E-state index in [0.717, 1.165) is 5.52 Å². The monoisotopic (exact) mass is 272 g/mol. The molecule has 0 amide bonds. The number of hydrogen-bond acceptors (Lipinski definition) is 1. The van der Waals surface area contributed by atoms with Crippen LogP contribution in [0, 0.1) is 11.3 Å². The number of benzene rings is 1. The highest BCUT2D eigenvalue weighted by Gasteiger charge is 2.17. The lowest BCUT2D eigenvalue weighted by Gasteiger charge is -2.02.